The van der Waals surface area contributed by atoms with Crippen LogP contribution in [0.25, 0.3) is 10.9 Å². The van der Waals surface area contributed by atoms with Crippen molar-refractivity contribution in [3.63, 3.8) is 0 Å². The standard InChI is InChI=1S/C15H12F3N3O2S/c1-8-5-13(20-6-9(8)15(17)18)21-24(22,23)12-7-19-11-4-2-3-10(16)14(11)12/h2-7,15,19H,1H3,(H,20,21). The minimum Gasteiger partial charge on any atom is -0.360 e. The SMILES string of the molecule is Cc1cc(NS(=O)(=O)c2c[nH]c3cccc(F)c23)ncc1C(F)F. The molecule has 9 heteroatoms. The number of aryl methyl sites for hydroxylation is 1. The van der Waals surface area contributed by atoms with Crippen LogP contribution < -0.4 is 4.72 Å². The summed E-state index contributed by atoms with van der Waals surface area (Å²) in [4.78, 5) is 6.08. The highest BCUT2D eigenvalue weighted by Gasteiger charge is 2.22. The zero-order chi connectivity index (χ0) is 17.5. The van der Waals surface area contributed by atoms with Crippen LogP contribution in [0.2, 0.25) is 0 Å². The van der Waals surface area contributed by atoms with Crippen molar-refractivity contribution in [2.24, 2.45) is 0 Å². The average molecular weight is 355 g/mol. The van der Waals surface area contributed by atoms with Gasteiger partial charge in [0.05, 0.1) is 5.39 Å². The number of H-pyrrole nitrogens is 1. The van der Waals surface area contributed by atoms with Gasteiger partial charge in [0.1, 0.15) is 16.5 Å². The van der Waals surface area contributed by atoms with Gasteiger partial charge in [0.15, 0.2) is 0 Å². The number of pyridine rings is 1. The first-order chi connectivity index (χ1) is 11.3. The van der Waals surface area contributed by atoms with E-state index in [-0.39, 0.29) is 27.2 Å². The van der Waals surface area contributed by atoms with E-state index in [1.54, 1.807) is 0 Å². The molecule has 1 aromatic carbocycles. The van der Waals surface area contributed by atoms with E-state index < -0.39 is 22.3 Å². The number of nitrogens with one attached hydrogen (secondary N) is 2. The lowest BCUT2D eigenvalue weighted by atomic mass is 10.2. The summed E-state index contributed by atoms with van der Waals surface area (Å²) in [6, 6.07) is 5.34. The molecule has 0 aliphatic rings. The summed E-state index contributed by atoms with van der Waals surface area (Å²) >= 11 is 0. The maximum Gasteiger partial charge on any atom is 0.265 e. The molecule has 0 unspecified atom stereocenters. The fourth-order valence-corrected chi connectivity index (χ4v) is 3.55. The molecule has 126 valence electrons. The topological polar surface area (TPSA) is 74.8 Å². The highest BCUT2D eigenvalue weighted by atomic mass is 32.2. The Balaban J connectivity index is 2.01. The normalized spacial score (nSPS) is 12.0. The molecule has 0 bridgehead atoms. The van der Waals surface area contributed by atoms with E-state index in [2.05, 4.69) is 14.7 Å². The fourth-order valence-electron chi connectivity index (χ4n) is 2.37. The molecule has 0 fully saturated rings. The predicted molar refractivity (Wildman–Crippen MR) is 83.0 cm³/mol. The van der Waals surface area contributed by atoms with Crippen LogP contribution in [0.15, 0.2) is 41.6 Å². The maximum atomic E-state index is 13.9. The quantitative estimate of drug-likeness (QED) is 0.748. The van der Waals surface area contributed by atoms with Crippen molar-refractivity contribution >= 4 is 26.7 Å². The van der Waals surface area contributed by atoms with Crippen molar-refractivity contribution < 1.29 is 21.6 Å². The first-order valence-corrected chi connectivity index (χ1v) is 8.31. The van der Waals surface area contributed by atoms with Gasteiger partial charge < -0.3 is 4.98 Å². The molecule has 0 saturated carbocycles. The van der Waals surface area contributed by atoms with Gasteiger partial charge in [0, 0.05) is 23.5 Å². The van der Waals surface area contributed by atoms with Gasteiger partial charge in [-0.15, -0.1) is 0 Å². The van der Waals surface area contributed by atoms with Crippen molar-refractivity contribution in [2.75, 3.05) is 4.72 Å². The molecule has 0 amide bonds. The third kappa shape index (κ3) is 2.82. The van der Waals surface area contributed by atoms with E-state index in [9.17, 15) is 21.6 Å². The summed E-state index contributed by atoms with van der Waals surface area (Å²) in [6.07, 6.45) is -0.629. The van der Waals surface area contributed by atoms with Gasteiger partial charge in [0.2, 0.25) is 0 Å². The monoisotopic (exact) mass is 355 g/mol. The molecule has 24 heavy (non-hydrogen) atoms. The third-order valence-corrected chi connectivity index (χ3v) is 4.91. The van der Waals surface area contributed by atoms with Crippen LogP contribution in [-0.4, -0.2) is 18.4 Å². The zero-order valence-corrected chi connectivity index (χ0v) is 13.2. The highest BCUT2D eigenvalue weighted by Crippen LogP contribution is 2.28. The molecule has 0 atom stereocenters. The number of rotatable bonds is 4. The van der Waals surface area contributed by atoms with Crippen LogP contribution in [0.4, 0.5) is 19.0 Å². The number of sulfonamides is 1. The lowest BCUT2D eigenvalue weighted by Crippen LogP contribution is -2.14. The summed E-state index contributed by atoms with van der Waals surface area (Å²) in [5, 5.41) is -0.0778. The zero-order valence-electron chi connectivity index (χ0n) is 12.3. The van der Waals surface area contributed by atoms with Gasteiger partial charge in [-0.2, -0.15) is 0 Å². The Morgan fingerprint density at radius 3 is 2.71 bits per heavy atom. The van der Waals surface area contributed by atoms with E-state index in [4.69, 9.17) is 0 Å². The molecule has 0 radical (unpaired) electrons. The van der Waals surface area contributed by atoms with E-state index in [1.165, 1.54) is 25.1 Å². The fraction of sp³-hybridized carbons (Fsp3) is 0.133. The summed E-state index contributed by atoms with van der Waals surface area (Å²) < 4.78 is 66.5. The lowest BCUT2D eigenvalue weighted by Gasteiger charge is -2.09. The molecular weight excluding hydrogens is 343 g/mol. The predicted octanol–water partition coefficient (Wildman–Crippen LogP) is 3.75. The number of alkyl halides is 2. The Hall–Kier alpha value is -2.55. The Morgan fingerprint density at radius 2 is 2.04 bits per heavy atom. The number of nitrogens with zero attached hydrogens (tertiary/aromatic N) is 1. The first kappa shape index (κ1) is 16.3. The maximum absolute atomic E-state index is 13.9. The van der Waals surface area contributed by atoms with Crippen molar-refractivity contribution in [3.8, 4) is 0 Å². The van der Waals surface area contributed by atoms with Gasteiger partial charge in [-0.3, -0.25) is 4.72 Å². The number of anilines is 1. The number of fused-ring (bicyclic) bond motifs is 1. The Labute approximate surface area is 135 Å². The Kier molecular flexibility index (Phi) is 3.96. The van der Waals surface area contributed by atoms with Crippen LogP contribution in [0.1, 0.15) is 17.6 Å². The smallest absolute Gasteiger partial charge is 0.265 e. The van der Waals surface area contributed by atoms with E-state index in [1.807, 2.05) is 0 Å². The van der Waals surface area contributed by atoms with Crippen molar-refractivity contribution in [1.29, 1.82) is 0 Å². The van der Waals surface area contributed by atoms with E-state index >= 15 is 0 Å². The first-order valence-electron chi connectivity index (χ1n) is 6.82. The number of hydrogen-bond acceptors (Lipinski definition) is 3. The number of aromatic amines is 1. The molecule has 2 heterocycles. The van der Waals surface area contributed by atoms with Crippen molar-refractivity contribution in [3.05, 3.63) is 53.6 Å². The molecule has 0 aliphatic heterocycles. The molecule has 2 aromatic heterocycles. The largest absolute Gasteiger partial charge is 0.360 e. The summed E-state index contributed by atoms with van der Waals surface area (Å²) in [7, 11) is -4.14. The minimum absolute atomic E-state index is 0.0778. The summed E-state index contributed by atoms with van der Waals surface area (Å²) in [5.74, 6) is -0.811. The van der Waals surface area contributed by atoms with Crippen LogP contribution >= 0.6 is 0 Å². The molecule has 5 nitrogen and oxygen atoms in total. The molecule has 0 saturated heterocycles. The van der Waals surface area contributed by atoms with Gasteiger partial charge >= 0.3 is 0 Å². The Bertz CT molecular complexity index is 1020. The molecule has 3 rings (SSSR count). The minimum atomic E-state index is -4.14. The van der Waals surface area contributed by atoms with E-state index in [0.29, 0.717) is 5.52 Å². The average Bonchev–Trinajstić information content (AvgIpc) is 2.92. The molecule has 0 spiro atoms. The van der Waals surface area contributed by atoms with E-state index in [0.717, 1.165) is 18.5 Å². The van der Waals surface area contributed by atoms with Crippen LogP contribution in [0, 0.1) is 12.7 Å². The van der Waals surface area contributed by atoms with Gasteiger partial charge in [0.25, 0.3) is 16.4 Å². The third-order valence-electron chi connectivity index (χ3n) is 3.53. The second-order valence-corrected chi connectivity index (χ2v) is 6.80. The number of benzene rings is 1. The number of halogens is 3. The highest BCUT2D eigenvalue weighted by molar-refractivity contribution is 7.93. The molecule has 2 N–H and O–H groups in total. The lowest BCUT2D eigenvalue weighted by molar-refractivity contribution is 0.150. The second kappa shape index (κ2) is 5.82. The number of aromatic nitrogens is 2. The van der Waals surface area contributed by atoms with Gasteiger partial charge in [-0.25, -0.2) is 26.6 Å². The Morgan fingerprint density at radius 1 is 1.29 bits per heavy atom. The van der Waals surface area contributed by atoms with Crippen LogP contribution in [0.5, 0.6) is 0 Å². The molecular formula is C15H12F3N3O2S. The number of hydrogen-bond donors (Lipinski definition) is 2. The molecule has 0 aliphatic carbocycles. The molecule has 3 aromatic rings. The summed E-state index contributed by atoms with van der Waals surface area (Å²) in [5.41, 5.74) is 0.242. The van der Waals surface area contributed by atoms with Crippen molar-refractivity contribution in [2.45, 2.75) is 18.2 Å². The summed E-state index contributed by atoms with van der Waals surface area (Å²) in [6.45, 7) is 1.42. The van der Waals surface area contributed by atoms with Crippen LogP contribution in [-0.2, 0) is 10.0 Å². The van der Waals surface area contributed by atoms with Gasteiger partial charge in [-0.05, 0) is 30.7 Å². The second-order valence-electron chi connectivity index (χ2n) is 5.15. The van der Waals surface area contributed by atoms with Crippen molar-refractivity contribution in [1.82, 2.24) is 9.97 Å². The van der Waals surface area contributed by atoms with Gasteiger partial charge in [-0.1, -0.05) is 6.07 Å². The van der Waals surface area contributed by atoms with Crippen LogP contribution in [0.3, 0.4) is 0 Å².